The molecule has 0 unspecified atom stereocenters. The molecular weight excluding hydrogens is 344 g/mol. The van der Waals surface area contributed by atoms with Crippen molar-refractivity contribution < 1.29 is 18.7 Å². The molecule has 0 atom stereocenters. The summed E-state index contributed by atoms with van der Waals surface area (Å²) in [5.41, 5.74) is 7.10. The van der Waals surface area contributed by atoms with E-state index in [0.717, 1.165) is 5.56 Å². The normalized spacial score (nSPS) is 10.3. The highest BCUT2D eigenvalue weighted by atomic mass is 35.5. The molecule has 2 rings (SSSR count). The minimum absolute atomic E-state index is 0. The number of benzene rings is 1. The quantitative estimate of drug-likeness (QED) is 0.652. The van der Waals surface area contributed by atoms with E-state index in [1.165, 1.54) is 6.26 Å². The van der Waals surface area contributed by atoms with Gasteiger partial charge in [-0.3, -0.25) is 4.79 Å². The fourth-order valence-electron chi connectivity index (χ4n) is 2.26. The van der Waals surface area contributed by atoms with Gasteiger partial charge in [-0.2, -0.15) is 0 Å². The number of amides is 1. The molecule has 0 saturated heterocycles. The van der Waals surface area contributed by atoms with E-state index in [-0.39, 0.29) is 24.9 Å². The van der Waals surface area contributed by atoms with Crippen LogP contribution in [0.2, 0.25) is 0 Å². The molecule has 0 aliphatic rings. The van der Waals surface area contributed by atoms with Crippen molar-refractivity contribution in [1.29, 1.82) is 0 Å². The van der Waals surface area contributed by atoms with Crippen molar-refractivity contribution in [3.63, 3.8) is 0 Å². The summed E-state index contributed by atoms with van der Waals surface area (Å²) >= 11 is 0. The van der Waals surface area contributed by atoms with Crippen molar-refractivity contribution in [1.82, 2.24) is 4.90 Å². The first kappa shape index (κ1) is 21.2. The van der Waals surface area contributed by atoms with Gasteiger partial charge in [-0.05, 0) is 11.6 Å². The molecule has 0 aliphatic carbocycles. The minimum Gasteiger partial charge on any atom is -0.467 e. The van der Waals surface area contributed by atoms with E-state index >= 15 is 0 Å². The van der Waals surface area contributed by atoms with Crippen LogP contribution >= 0.6 is 12.4 Å². The van der Waals surface area contributed by atoms with Crippen LogP contribution in [0.3, 0.4) is 0 Å². The molecule has 2 N–H and O–H groups in total. The zero-order chi connectivity index (χ0) is 17.2. The highest BCUT2D eigenvalue weighted by Crippen LogP contribution is 2.13. The van der Waals surface area contributed by atoms with Crippen molar-refractivity contribution in [2.45, 2.75) is 13.1 Å². The third-order valence-corrected chi connectivity index (χ3v) is 3.54. The van der Waals surface area contributed by atoms with E-state index in [2.05, 4.69) is 0 Å². The molecular formula is C18H25ClN2O4. The van der Waals surface area contributed by atoms with E-state index in [0.29, 0.717) is 44.2 Å². The lowest BCUT2D eigenvalue weighted by atomic mass is 10.2. The van der Waals surface area contributed by atoms with Crippen LogP contribution in [0.4, 0.5) is 0 Å². The Balaban J connectivity index is 0.00000312. The number of carbonyl (C=O) groups is 1. The summed E-state index contributed by atoms with van der Waals surface area (Å²) in [5.74, 6) is 0.493. The van der Waals surface area contributed by atoms with E-state index in [1.54, 1.807) is 18.1 Å². The molecule has 0 aliphatic heterocycles. The van der Waals surface area contributed by atoms with Crippen LogP contribution in [-0.4, -0.2) is 44.3 Å². The average molecular weight is 369 g/mol. The first-order valence-corrected chi connectivity index (χ1v) is 7.92. The van der Waals surface area contributed by atoms with Crippen molar-refractivity contribution in [3.05, 3.63) is 59.5 Å². The van der Waals surface area contributed by atoms with Crippen LogP contribution in [0.15, 0.2) is 47.1 Å². The van der Waals surface area contributed by atoms with E-state index in [4.69, 9.17) is 19.6 Å². The highest BCUT2D eigenvalue weighted by Gasteiger charge is 2.18. The number of carbonyl (C=O) groups excluding carboxylic acids is 1. The lowest BCUT2D eigenvalue weighted by Crippen LogP contribution is -2.33. The molecule has 0 saturated carbocycles. The fraction of sp³-hybridized carbons (Fsp3) is 0.389. The zero-order valence-corrected chi connectivity index (χ0v) is 15.2. The fourth-order valence-corrected chi connectivity index (χ4v) is 2.26. The molecule has 2 aromatic rings. The first-order valence-electron chi connectivity index (χ1n) is 7.92. The SMILES string of the molecule is COCCOCCN(Cc1ccccc1)C(=O)c1coc(CN)c1.Cl. The summed E-state index contributed by atoms with van der Waals surface area (Å²) in [6.07, 6.45) is 1.45. The smallest absolute Gasteiger partial charge is 0.257 e. The summed E-state index contributed by atoms with van der Waals surface area (Å²) in [5, 5.41) is 0. The number of hydrogen-bond donors (Lipinski definition) is 1. The van der Waals surface area contributed by atoms with Gasteiger partial charge in [0.25, 0.3) is 5.91 Å². The maximum atomic E-state index is 12.7. The standard InChI is InChI=1S/C18H24N2O4.ClH/c1-22-9-10-23-8-7-20(13-15-5-3-2-4-6-15)18(21)16-11-17(12-19)24-14-16;/h2-6,11,14H,7-10,12-13,19H2,1H3;1H. The van der Waals surface area contributed by atoms with Gasteiger partial charge in [-0.1, -0.05) is 30.3 Å². The Hall–Kier alpha value is -1.86. The van der Waals surface area contributed by atoms with Crippen LogP contribution in [0.25, 0.3) is 0 Å². The summed E-state index contributed by atoms with van der Waals surface area (Å²) in [6, 6.07) is 11.5. The minimum atomic E-state index is -0.0994. The highest BCUT2D eigenvalue weighted by molar-refractivity contribution is 5.94. The maximum Gasteiger partial charge on any atom is 0.257 e. The van der Waals surface area contributed by atoms with Gasteiger partial charge in [0, 0.05) is 20.2 Å². The Morgan fingerprint density at radius 2 is 1.96 bits per heavy atom. The number of methoxy groups -OCH3 is 1. The number of nitrogens with zero attached hydrogens (tertiary/aromatic N) is 1. The largest absolute Gasteiger partial charge is 0.467 e. The Bertz CT molecular complexity index is 619. The molecule has 0 bridgehead atoms. The van der Waals surface area contributed by atoms with Gasteiger partial charge in [0.2, 0.25) is 0 Å². The lowest BCUT2D eigenvalue weighted by molar-refractivity contribution is 0.0476. The molecule has 1 aromatic carbocycles. The summed E-state index contributed by atoms with van der Waals surface area (Å²) in [7, 11) is 1.63. The number of nitrogens with two attached hydrogens (primary N) is 1. The molecule has 0 radical (unpaired) electrons. The number of halogens is 1. The van der Waals surface area contributed by atoms with Gasteiger partial charge in [0.15, 0.2) is 0 Å². The van der Waals surface area contributed by atoms with Crippen LogP contribution in [0.5, 0.6) is 0 Å². The summed E-state index contributed by atoms with van der Waals surface area (Å²) in [6.45, 7) is 2.76. The van der Waals surface area contributed by atoms with Crippen molar-refractivity contribution >= 4 is 18.3 Å². The van der Waals surface area contributed by atoms with Crippen molar-refractivity contribution in [2.24, 2.45) is 5.73 Å². The van der Waals surface area contributed by atoms with Crippen molar-refractivity contribution in [3.8, 4) is 0 Å². The number of ether oxygens (including phenoxy) is 2. The van der Waals surface area contributed by atoms with Gasteiger partial charge >= 0.3 is 0 Å². The van der Waals surface area contributed by atoms with E-state index in [9.17, 15) is 4.79 Å². The summed E-state index contributed by atoms with van der Waals surface area (Å²) < 4.78 is 15.7. The topological polar surface area (TPSA) is 77.9 Å². The van der Waals surface area contributed by atoms with Gasteiger partial charge in [-0.15, -0.1) is 12.4 Å². The molecule has 138 valence electrons. The number of rotatable bonds is 10. The molecule has 1 amide bonds. The molecule has 1 aromatic heterocycles. The molecule has 0 fully saturated rings. The Morgan fingerprint density at radius 1 is 1.20 bits per heavy atom. The van der Waals surface area contributed by atoms with Crippen molar-refractivity contribution in [2.75, 3.05) is 33.5 Å². The predicted octanol–water partition coefficient (Wildman–Crippen LogP) is 2.47. The van der Waals surface area contributed by atoms with Gasteiger partial charge in [0.1, 0.15) is 12.0 Å². The monoisotopic (exact) mass is 368 g/mol. The summed E-state index contributed by atoms with van der Waals surface area (Å²) in [4.78, 5) is 14.5. The van der Waals surface area contributed by atoms with Gasteiger partial charge in [0.05, 0.1) is 31.9 Å². The maximum absolute atomic E-state index is 12.7. The van der Waals surface area contributed by atoms with Crippen LogP contribution < -0.4 is 5.73 Å². The Morgan fingerprint density at radius 3 is 2.60 bits per heavy atom. The molecule has 7 heteroatoms. The molecule has 1 heterocycles. The molecule has 25 heavy (non-hydrogen) atoms. The van der Waals surface area contributed by atoms with Crippen LogP contribution in [0.1, 0.15) is 21.7 Å². The lowest BCUT2D eigenvalue weighted by Gasteiger charge is -2.22. The number of furan rings is 1. The average Bonchev–Trinajstić information content (AvgIpc) is 3.10. The second-order valence-corrected chi connectivity index (χ2v) is 5.32. The Kier molecular flexibility index (Phi) is 9.87. The zero-order valence-electron chi connectivity index (χ0n) is 14.3. The van der Waals surface area contributed by atoms with Crippen LogP contribution in [0, 0.1) is 0 Å². The van der Waals surface area contributed by atoms with E-state index in [1.807, 2.05) is 30.3 Å². The van der Waals surface area contributed by atoms with E-state index < -0.39 is 0 Å². The second-order valence-electron chi connectivity index (χ2n) is 5.32. The molecule has 6 nitrogen and oxygen atoms in total. The Labute approximate surface area is 154 Å². The predicted molar refractivity (Wildman–Crippen MR) is 97.7 cm³/mol. The third-order valence-electron chi connectivity index (χ3n) is 3.54. The number of hydrogen-bond acceptors (Lipinski definition) is 5. The third kappa shape index (κ3) is 6.88. The van der Waals surface area contributed by atoms with Gasteiger partial charge < -0.3 is 24.5 Å². The van der Waals surface area contributed by atoms with Crippen LogP contribution in [-0.2, 0) is 22.6 Å². The molecule has 0 spiro atoms. The second kappa shape index (κ2) is 11.7. The van der Waals surface area contributed by atoms with Gasteiger partial charge in [-0.25, -0.2) is 0 Å². The first-order chi connectivity index (χ1) is 11.7.